The van der Waals surface area contributed by atoms with Gasteiger partial charge in [0.1, 0.15) is 0 Å². The molecule has 0 radical (unpaired) electrons. The van der Waals surface area contributed by atoms with Crippen LogP contribution in [0.15, 0.2) is 12.3 Å². The number of carbonyl (C=O) groups is 2. The molecule has 1 N–H and O–H groups in total. The monoisotopic (exact) mass is 196 g/mol. The van der Waals surface area contributed by atoms with Gasteiger partial charge in [-0.15, -0.1) is 0 Å². The molecule has 0 saturated carbocycles. The largest absolute Gasteiger partial charge is 0.359 e. The van der Waals surface area contributed by atoms with Crippen LogP contribution in [-0.4, -0.2) is 30.3 Å². The summed E-state index contributed by atoms with van der Waals surface area (Å²) in [6.45, 7) is 6.26. The first-order chi connectivity index (χ1) is 6.56. The van der Waals surface area contributed by atoms with Crippen LogP contribution in [0, 0.1) is 5.92 Å². The third-order valence-corrected chi connectivity index (χ3v) is 2.54. The van der Waals surface area contributed by atoms with Crippen molar-refractivity contribution in [3.63, 3.8) is 0 Å². The zero-order valence-electron chi connectivity index (χ0n) is 8.67. The molecule has 0 aromatic carbocycles. The number of nitrogens with one attached hydrogen (secondary N) is 1. The van der Waals surface area contributed by atoms with Gasteiger partial charge in [-0.05, 0) is 0 Å². The lowest BCUT2D eigenvalue weighted by atomic mass is 10.1. The van der Waals surface area contributed by atoms with E-state index in [9.17, 15) is 9.59 Å². The van der Waals surface area contributed by atoms with Gasteiger partial charge in [0, 0.05) is 38.0 Å². The van der Waals surface area contributed by atoms with E-state index in [0.29, 0.717) is 19.4 Å². The van der Waals surface area contributed by atoms with Gasteiger partial charge < -0.3 is 10.2 Å². The fourth-order valence-electron chi connectivity index (χ4n) is 1.52. The van der Waals surface area contributed by atoms with Crippen LogP contribution in [0.4, 0.5) is 0 Å². The zero-order chi connectivity index (χ0) is 10.7. The second-order valence-corrected chi connectivity index (χ2v) is 3.57. The number of rotatable bonds is 3. The Morgan fingerprint density at radius 2 is 2.36 bits per heavy atom. The molecule has 1 rings (SSSR count). The third-order valence-electron chi connectivity index (χ3n) is 2.54. The summed E-state index contributed by atoms with van der Waals surface area (Å²) in [5.74, 6) is 0.240. The smallest absolute Gasteiger partial charge is 0.227 e. The van der Waals surface area contributed by atoms with E-state index in [1.54, 1.807) is 11.9 Å². The summed E-state index contributed by atoms with van der Waals surface area (Å²) in [4.78, 5) is 24.0. The average molecular weight is 196 g/mol. The quantitative estimate of drug-likeness (QED) is 0.714. The molecule has 2 amide bonds. The number of amides is 2. The molecule has 1 saturated heterocycles. The van der Waals surface area contributed by atoms with E-state index in [2.05, 4.69) is 11.9 Å². The molecule has 0 aliphatic carbocycles. The Bertz CT molecular complexity index is 273. The molecule has 4 nitrogen and oxygen atoms in total. The maximum atomic E-state index is 11.4. The van der Waals surface area contributed by atoms with Gasteiger partial charge in [-0.2, -0.15) is 0 Å². The molecule has 0 aromatic rings. The Balaban J connectivity index is 2.48. The van der Waals surface area contributed by atoms with Crippen LogP contribution < -0.4 is 5.32 Å². The number of allylic oxidation sites excluding steroid dienone is 1. The summed E-state index contributed by atoms with van der Waals surface area (Å²) in [5, 5.41) is 2.52. The van der Waals surface area contributed by atoms with Gasteiger partial charge in [-0.25, -0.2) is 0 Å². The molecular formula is C10H16N2O2. The van der Waals surface area contributed by atoms with E-state index in [-0.39, 0.29) is 17.7 Å². The van der Waals surface area contributed by atoms with E-state index < -0.39 is 0 Å². The lowest BCUT2D eigenvalue weighted by molar-refractivity contribution is -0.127. The van der Waals surface area contributed by atoms with E-state index in [4.69, 9.17) is 0 Å². The number of carbonyl (C=O) groups excluding carboxylic acids is 2. The molecule has 0 bridgehead atoms. The summed E-state index contributed by atoms with van der Waals surface area (Å²) in [5.41, 5.74) is 0.832. The molecule has 1 aliphatic rings. The lowest BCUT2D eigenvalue weighted by Gasteiger charge is -2.17. The molecule has 1 heterocycles. The molecular weight excluding hydrogens is 180 g/mol. The summed E-state index contributed by atoms with van der Waals surface area (Å²) in [7, 11) is 1.59. The topological polar surface area (TPSA) is 49.4 Å². The predicted molar refractivity (Wildman–Crippen MR) is 53.3 cm³/mol. The highest BCUT2D eigenvalue weighted by molar-refractivity contribution is 5.83. The second-order valence-electron chi connectivity index (χ2n) is 3.57. The highest BCUT2D eigenvalue weighted by Gasteiger charge is 2.30. The molecule has 4 heteroatoms. The Morgan fingerprint density at radius 1 is 1.71 bits per heavy atom. The first-order valence-corrected chi connectivity index (χ1v) is 4.76. The van der Waals surface area contributed by atoms with Crippen LogP contribution in [0.5, 0.6) is 0 Å². The van der Waals surface area contributed by atoms with E-state index in [1.807, 2.05) is 6.92 Å². The van der Waals surface area contributed by atoms with E-state index >= 15 is 0 Å². The van der Waals surface area contributed by atoms with Crippen LogP contribution in [0.3, 0.4) is 0 Å². The standard InChI is InChI=1S/C10H16N2O2/c1-7-6-10(14)12(8(7)2)5-4-9(13)11-3/h7H,2,4-6H2,1,3H3,(H,11,13). The Labute approximate surface area is 84.0 Å². The molecule has 78 valence electrons. The SMILES string of the molecule is C=C1C(C)CC(=O)N1CCC(=O)NC. The highest BCUT2D eigenvalue weighted by Crippen LogP contribution is 2.26. The minimum absolute atomic E-state index is 0.0508. The minimum Gasteiger partial charge on any atom is -0.359 e. The highest BCUT2D eigenvalue weighted by atomic mass is 16.2. The van der Waals surface area contributed by atoms with Gasteiger partial charge in [0.25, 0.3) is 0 Å². The van der Waals surface area contributed by atoms with Crippen molar-refractivity contribution in [2.75, 3.05) is 13.6 Å². The van der Waals surface area contributed by atoms with Crippen molar-refractivity contribution in [3.05, 3.63) is 12.3 Å². The van der Waals surface area contributed by atoms with Crippen molar-refractivity contribution >= 4 is 11.8 Å². The fraction of sp³-hybridized carbons (Fsp3) is 0.600. The molecule has 14 heavy (non-hydrogen) atoms. The van der Waals surface area contributed by atoms with Crippen LogP contribution >= 0.6 is 0 Å². The van der Waals surface area contributed by atoms with Gasteiger partial charge in [0.15, 0.2) is 0 Å². The molecule has 0 spiro atoms. The maximum absolute atomic E-state index is 11.4. The van der Waals surface area contributed by atoms with Crippen molar-refractivity contribution in [1.29, 1.82) is 0 Å². The summed E-state index contributed by atoms with van der Waals surface area (Å²) < 4.78 is 0. The van der Waals surface area contributed by atoms with Crippen molar-refractivity contribution in [2.45, 2.75) is 19.8 Å². The van der Waals surface area contributed by atoms with Gasteiger partial charge in [0.05, 0.1) is 0 Å². The zero-order valence-corrected chi connectivity index (χ0v) is 8.67. The lowest BCUT2D eigenvalue weighted by Crippen LogP contribution is -2.29. The Kier molecular flexibility index (Phi) is 3.28. The van der Waals surface area contributed by atoms with Gasteiger partial charge in [-0.1, -0.05) is 13.5 Å². The Hall–Kier alpha value is -1.32. The molecule has 1 atom stereocenters. The van der Waals surface area contributed by atoms with Crippen molar-refractivity contribution in [3.8, 4) is 0 Å². The molecule has 1 unspecified atom stereocenters. The van der Waals surface area contributed by atoms with Crippen LogP contribution in [0.1, 0.15) is 19.8 Å². The van der Waals surface area contributed by atoms with Crippen molar-refractivity contribution < 1.29 is 9.59 Å². The van der Waals surface area contributed by atoms with Crippen molar-refractivity contribution in [2.24, 2.45) is 5.92 Å². The first-order valence-electron chi connectivity index (χ1n) is 4.76. The van der Waals surface area contributed by atoms with Crippen molar-refractivity contribution in [1.82, 2.24) is 10.2 Å². The summed E-state index contributed by atoms with van der Waals surface area (Å²) >= 11 is 0. The maximum Gasteiger partial charge on any atom is 0.227 e. The van der Waals surface area contributed by atoms with Crippen LogP contribution in [-0.2, 0) is 9.59 Å². The van der Waals surface area contributed by atoms with Crippen LogP contribution in [0.2, 0.25) is 0 Å². The normalized spacial score (nSPS) is 21.6. The van der Waals surface area contributed by atoms with Gasteiger partial charge in [0.2, 0.25) is 11.8 Å². The summed E-state index contributed by atoms with van der Waals surface area (Å²) in [6, 6.07) is 0. The minimum atomic E-state index is -0.0508. The molecule has 0 aromatic heterocycles. The van der Waals surface area contributed by atoms with E-state index in [1.165, 1.54) is 0 Å². The summed E-state index contributed by atoms with van der Waals surface area (Å²) in [6.07, 6.45) is 0.862. The predicted octanol–water partition coefficient (Wildman–Crippen LogP) is 0.505. The van der Waals surface area contributed by atoms with Gasteiger partial charge in [-0.3, -0.25) is 9.59 Å². The molecule has 1 aliphatic heterocycles. The van der Waals surface area contributed by atoms with Gasteiger partial charge >= 0.3 is 0 Å². The number of nitrogens with zero attached hydrogens (tertiary/aromatic N) is 1. The number of hydrogen-bond acceptors (Lipinski definition) is 2. The number of likely N-dealkylation sites (tertiary alicyclic amines) is 1. The van der Waals surface area contributed by atoms with Crippen LogP contribution in [0.25, 0.3) is 0 Å². The average Bonchev–Trinajstić information content (AvgIpc) is 2.39. The fourth-order valence-corrected chi connectivity index (χ4v) is 1.52. The first kappa shape index (κ1) is 10.8. The van der Waals surface area contributed by atoms with E-state index in [0.717, 1.165) is 5.70 Å². The Morgan fingerprint density at radius 3 is 2.79 bits per heavy atom. The second kappa shape index (κ2) is 4.26. The molecule has 1 fully saturated rings. The number of hydrogen-bond donors (Lipinski definition) is 1. The third kappa shape index (κ3) is 2.13.